The molecular weight excluding hydrogens is 256 g/mol. The zero-order chi connectivity index (χ0) is 13.0. The van der Waals surface area contributed by atoms with Crippen LogP contribution >= 0.6 is 11.1 Å². The number of hydrogen-bond donors (Lipinski definition) is 0. The van der Waals surface area contributed by atoms with Crippen molar-refractivity contribution in [1.82, 2.24) is 0 Å². The lowest BCUT2D eigenvalue weighted by atomic mass is 9.96. The standard InChI is InChI=1S/C16H29ClSi/c1-3-5-9-18(17,10-6-4-2)13-16-12-14-7-8-15(16)11-14/h7-8,14-16H,3-6,9-13H2,1-2H3. The summed E-state index contributed by atoms with van der Waals surface area (Å²) in [6, 6.07) is 4.13. The van der Waals surface area contributed by atoms with Gasteiger partial charge in [0.25, 0.3) is 0 Å². The van der Waals surface area contributed by atoms with Crippen molar-refractivity contribution in [3.05, 3.63) is 12.2 Å². The Bertz CT molecular complexity index is 279. The van der Waals surface area contributed by atoms with Crippen molar-refractivity contribution in [2.45, 2.75) is 70.5 Å². The molecular formula is C16H29ClSi. The van der Waals surface area contributed by atoms with Crippen molar-refractivity contribution < 1.29 is 0 Å². The molecule has 2 heteroatoms. The second kappa shape index (κ2) is 6.61. The molecule has 2 aliphatic carbocycles. The van der Waals surface area contributed by atoms with Gasteiger partial charge in [0.2, 0.25) is 0 Å². The fraction of sp³-hybridized carbons (Fsp3) is 0.875. The molecule has 0 aliphatic heterocycles. The van der Waals surface area contributed by atoms with Gasteiger partial charge in [-0.3, -0.25) is 0 Å². The quantitative estimate of drug-likeness (QED) is 0.292. The first kappa shape index (κ1) is 14.7. The molecule has 0 spiro atoms. The third-order valence-corrected chi connectivity index (χ3v) is 10.4. The highest BCUT2D eigenvalue weighted by atomic mass is 35.6. The summed E-state index contributed by atoms with van der Waals surface area (Å²) >= 11 is 7.13. The molecule has 0 aromatic rings. The fourth-order valence-electron chi connectivity index (χ4n) is 3.92. The highest BCUT2D eigenvalue weighted by molar-refractivity contribution is 7.20. The van der Waals surface area contributed by atoms with Crippen molar-refractivity contribution in [3.8, 4) is 0 Å². The minimum Gasteiger partial charge on any atom is -0.167 e. The number of halogens is 1. The molecule has 0 aromatic heterocycles. The summed E-state index contributed by atoms with van der Waals surface area (Å²) < 4.78 is 0. The fourth-order valence-corrected chi connectivity index (χ4v) is 9.35. The van der Waals surface area contributed by atoms with Gasteiger partial charge in [0.05, 0.1) is 0 Å². The number of allylic oxidation sites excluding steroid dienone is 2. The van der Waals surface area contributed by atoms with Crippen LogP contribution < -0.4 is 0 Å². The van der Waals surface area contributed by atoms with E-state index in [1.54, 1.807) is 0 Å². The van der Waals surface area contributed by atoms with E-state index in [2.05, 4.69) is 26.0 Å². The zero-order valence-electron chi connectivity index (χ0n) is 12.1. The van der Waals surface area contributed by atoms with Crippen LogP contribution in [0.3, 0.4) is 0 Å². The minimum atomic E-state index is -1.46. The molecule has 104 valence electrons. The van der Waals surface area contributed by atoms with Crippen molar-refractivity contribution in [3.63, 3.8) is 0 Å². The van der Waals surface area contributed by atoms with E-state index in [1.807, 2.05) is 0 Å². The van der Waals surface area contributed by atoms with E-state index >= 15 is 0 Å². The lowest BCUT2D eigenvalue weighted by molar-refractivity contribution is 0.485. The van der Waals surface area contributed by atoms with Crippen LogP contribution in [0.15, 0.2) is 12.2 Å². The van der Waals surface area contributed by atoms with E-state index in [4.69, 9.17) is 11.1 Å². The Morgan fingerprint density at radius 3 is 2.17 bits per heavy atom. The maximum atomic E-state index is 7.13. The third kappa shape index (κ3) is 3.63. The number of hydrogen-bond acceptors (Lipinski definition) is 0. The average Bonchev–Trinajstić information content (AvgIpc) is 2.96. The van der Waals surface area contributed by atoms with Gasteiger partial charge in [-0.2, -0.15) is 11.1 Å². The summed E-state index contributed by atoms with van der Waals surface area (Å²) in [5, 5.41) is 0. The second-order valence-corrected chi connectivity index (χ2v) is 12.7. The summed E-state index contributed by atoms with van der Waals surface area (Å²) in [4.78, 5) is 0. The van der Waals surface area contributed by atoms with Gasteiger partial charge in [-0.15, -0.1) is 0 Å². The summed E-state index contributed by atoms with van der Waals surface area (Å²) in [5.74, 6) is 2.74. The van der Waals surface area contributed by atoms with Crippen molar-refractivity contribution in [2.24, 2.45) is 17.8 Å². The molecule has 0 amide bonds. The highest BCUT2D eigenvalue weighted by Gasteiger charge is 2.41. The third-order valence-electron chi connectivity index (χ3n) is 5.00. The van der Waals surface area contributed by atoms with Crippen LogP contribution in [0.5, 0.6) is 0 Å². The smallest absolute Gasteiger partial charge is 0.156 e. The maximum absolute atomic E-state index is 7.13. The first-order valence-corrected chi connectivity index (χ1v) is 11.7. The Morgan fingerprint density at radius 2 is 1.72 bits per heavy atom. The Kier molecular flexibility index (Phi) is 5.38. The number of fused-ring (bicyclic) bond motifs is 2. The van der Waals surface area contributed by atoms with Gasteiger partial charge >= 0.3 is 0 Å². The zero-order valence-corrected chi connectivity index (χ0v) is 13.9. The van der Waals surface area contributed by atoms with Crippen LogP contribution in [0, 0.1) is 17.8 Å². The summed E-state index contributed by atoms with van der Waals surface area (Å²) in [6.45, 7) is 4.59. The Labute approximate surface area is 119 Å². The van der Waals surface area contributed by atoms with Crippen LogP contribution in [0.1, 0.15) is 52.4 Å². The molecule has 3 unspecified atom stereocenters. The normalized spacial score (nSPS) is 30.3. The predicted octanol–water partition coefficient (Wildman–Crippen LogP) is 5.98. The van der Waals surface area contributed by atoms with E-state index in [9.17, 15) is 0 Å². The Morgan fingerprint density at radius 1 is 1.06 bits per heavy atom. The molecule has 18 heavy (non-hydrogen) atoms. The predicted molar refractivity (Wildman–Crippen MR) is 84.7 cm³/mol. The molecule has 0 saturated heterocycles. The van der Waals surface area contributed by atoms with Crippen molar-refractivity contribution in [1.29, 1.82) is 0 Å². The molecule has 2 bridgehead atoms. The van der Waals surface area contributed by atoms with Crippen LogP contribution in [0.4, 0.5) is 0 Å². The molecule has 3 atom stereocenters. The molecule has 0 aromatic carbocycles. The Hall–Kier alpha value is 0.247. The van der Waals surface area contributed by atoms with Gasteiger partial charge in [0.1, 0.15) is 0 Å². The largest absolute Gasteiger partial charge is 0.167 e. The van der Waals surface area contributed by atoms with E-state index in [0.29, 0.717) is 0 Å². The van der Waals surface area contributed by atoms with Gasteiger partial charge in [-0.25, -0.2) is 0 Å². The first-order chi connectivity index (χ1) is 8.67. The second-order valence-electron chi connectivity index (χ2n) is 6.60. The molecule has 0 N–H and O–H groups in total. The highest BCUT2D eigenvalue weighted by Crippen LogP contribution is 2.48. The summed E-state index contributed by atoms with van der Waals surface area (Å²) in [6.07, 6.45) is 13.2. The SMILES string of the molecule is CCCC[Si](Cl)(CCCC)CC1CC2C=CC1C2. The minimum absolute atomic E-state index is 0.892. The van der Waals surface area contributed by atoms with Crippen molar-refractivity contribution in [2.75, 3.05) is 0 Å². The number of unbranched alkanes of at least 4 members (excludes halogenated alkanes) is 2. The van der Waals surface area contributed by atoms with Crippen molar-refractivity contribution >= 4 is 18.5 Å². The van der Waals surface area contributed by atoms with Gasteiger partial charge in [0.15, 0.2) is 7.38 Å². The molecule has 2 rings (SSSR count). The maximum Gasteiger partial charge on any atom is 0.156 e. The topological polar surface area (TPSA) is 0 Å². The van der Waals surface area contributed by atoms with E-state index in [1.165, 1.54) is 56.7 Å². The van der Waals surface area contributed by atoms with Gasteiger partial charge < -0.3 is 0 Å². The van der Waals surface area contributed by atoms with Crippen LogP contribution in [0.2, 0.25) is 18.1 Å². The van der Waals surface area contributed by atoms with E-state index < -0.39 is 7.38 Å². The molecule has 0 radical (unpaired) electrons. The molecule has 2 aliphatic rings. The van der Waals surface area contributed by atoms with Crippen LogP contribution in [0.25, 0.3) is 0 Å². The van der Waals surface area contributed by atoms with E-state index in [0.717, 1.165) is 17.8 Å². The Balaban J connectivity index is 1.89. The first-order valence-electron chi connectivity index (χ1n) is 8.04. The summed E-state index contributed by atoms with van der Waals surface area (Å²) in [5.41, 5.74) is 0. The lowest BCUT2D eigenvalue weighted by Crippen LogP contribution is -2.31. The van der Waals surface area contributed by atoms with E-state index in [-0.39, 0.29) is 0 Å². The lowest BCUT2D eigenvalue weighted by Gasteiger charge is -2.30. The number of rotatable bonds is 8. The van der Waals surface area contributed by atoms with Gasteiger partial charge in [0, 0.05) is 0 Å². The molecule has 1 fully saturated rings. The average molecular weight is 285 g/mol. The summed E-state index contributed by atoms with van der Waals surface area (Å²) in [7, 11) is -1.46. The van der Waals surface area contributed by atoms with Crippen LogP contribution in [-0.2, 0) is 0 Å². The van der Waals surface area contributed by atoms with Gasteiger partial charge in [-0.05, 0) is 48.7 Å². The van der Waals surface area contributed by atoms with Crippen LogP contribution in [-0.4, -0.2) is 7.38 Å². The van der Waals surface area contributed by atoms with Gasteiger partial charge in [-0.1, -0.05) is 51.7 Å². The molecule has 1 saturated carbocycles. The molecule has 0 heterocycles. The molecule has 0 nitrogen and oxygen atoms in total. The monoisotopic (exact) mass is 284 g/mol.